The monoisotopic (exact) mass is 279 g/mol. The highest BCUT2D eigenvalue weighted by molar-refractivity contribution is 5.83. The van der Waals surface area contributed by atoms with Crippen LogP contribution >= 0.6 is 0 Å². The molecule has 0 aromatic heterocycles. The number of hydrogen-bond donors (Lipinski definition) is 2. The summed E-state index contributed by atoms with van der Waals surface area (Å²) in [6.07, 6.45) is -0.0410. The number of aliphatic carboxylic acids is 1. The summed E-state index contributed by atoms with van der Waals surface area (Å²) in [4.78, 5) is 23.1. The van der Waals surface area contributed by atoms with Crippen molar-refractivity contribution < 1.29 is 19.4 Å². The summed E-state index contributed by atoms with van der Waals surface area (Å²) in [5, 5.41) is 12.0. The maximum absolute atomic E-state index is 11.6. The first-order valence-corrected chi connectivity index (χ1v) is 6.53. The van der Waals surface area contributed by atoms with E-state index >= 15 is 0 Å². The molecule has 0 aliphatic rings. The van der Waals surface area contributed by atoms with E-state index in [0.717, 1.165) is 0 Å². The van der Waals surface area contributed by atoms with Crippen molar-refractivity contribution in [2.75, 3.05) is 13.2 Å². The summed E-state index contributed by atoms with van der Waals surface area (Å²) in [5.41, 5.74) is -0.507. The van der Waals surface area contributed by atoms with Crippen LogP contribution in [-0.4, -0.2) is 36.2 Å². The Hall–Kier alpha value is -1.88. The van der Waals surface area contributed by atoms with Crippen LogP contribution in [0.5, 0.6) is 0 Å². The lowest BCUT2D eigenvalue weighted by molar-refractivity contribution is -0.143. The van der Waals surface area contributed by atoms with Gasteiger partial charge in [0.15, 0.2) is 0 Å². The van der Waals surface area contributed by atoms with Crippen LogP contribution in [0.2, 0.25) is 0 Å². The van der Waals surface area contributed by atoms with Gasteiger partial charge in [0.2, 0.25) is 5.91 Å². The van der Waals surface area contributed by atoms with Gasteiger partial charge in [-0.1, -0.05) is 30.3 Å². The largest absolute Gasteiger partial charge is 0.481 e. The molecule has 0 heterocycles. The molecule has 1 amide bonds. The zero-order valence-electron chi connectivity index (χ0n) is 12.1. The summed E-state index contributed by atoms with van der Waals surface area (Å²) in [6.45, 7) is 5.21. The maximum atomic E-state index is 11.6. The summed E-state index contributed by atoms with van der Waals surface area (Å²) in [5.74, 6) is -1.30. The molecule has 0 spiro atoms. The number of carboxylic acids is 1. The minimum Gasteiger partial charge on any atom is -0.481 e. The van der Waals surface area contributed by atoms with E-state index < -0.39 is 11.4 Å². The van der Waals surface area contributed by atoms with Gasteiger partial charge < -0.3 is 15.2 Å². The number of carbonyl (C=O) groups excluding carboxylic acids is 1. The Kier molecular flexibility index (Phi) is 5.70. The van der Waals surface area contributed by atoms with Crippen LogP contribution in [-0.2, 0) is 19.7 Å². The predicted octanol–water partition coefficient (Wildman–Crippen LogP) is 1.57. The van der Waals surface area contributed by atoms with Gasteiger partial charge in [-0.3, -0.25) is 9.59 Å². The predicted molar refractivity (Wildman–Crippen MR) is 75.5 cm³/mol. The quantitative estimate of drug-likeness (QED) is 0.794. The highest BCUT2D eigenvalue weighted by atomic mass is 16.5. The zero-order valence-corrected chi connectivity index (χ0v) is 12.1. The molecule has 0 saturated heterocycles. The third-order valence-electron chi connectivity index (χ3n) is 3.07. The first-order valence-electron chi connectivity index (χ1n) is 6.53. The number of carbonyl (C=O) groups is 2. The lowest BCUT2D eigenvalue weighted by atomic mass is 9.82. The summed E-state index contributed by atoms with van der Waals surface area (Å²) >= 11 is 0. The van der Waals surface area contributed by atoms with Gasteiger partial charge in [0.05, 0.1) is 6.10 Å². The van der Waals surface area contributed by atoms with Crippen molar-refractivity contribution in [3.05, 3.63) is 35.9 Å². The van der Waals surface area contributed by atoms with Crippen molar-refractivity contribution in [1.82, 2.24) is 5.32 Å². The van der Waals surface area contributed by atoms with Crippen LogP contribution in [0.15, 0.2) is 30.3 Å². The first kappa shape index (κ1) is 16.2. The third kappa shape index (κ3) is 4.35. The second kappa shape index (κ2) is 7.05. The lowest BCUT2D eigenvalue weighted by Gasteiger charge is -2.25. The zero-order chi connectivity index (χ0) is 15.2. The molecule has 1 atom stereocenters. The molecular weight excluding hydrogens is 258 g/mol. The fourth-order valence-corrected chi connectivity index (χ4v) is 1.68. The Morgan fingerprint density at radius 2 is 1.90 bits per heavy atom. The van der Waals surface area contributed by atoms with Crippen molar-refractivity contribution in [2.45, 2.75) is 32.3 Å². The van der Waals surface area contributed by atoms with Crippen molar-refractivity contribution in [3.63, 3.8) is 0 Å². The van der Waals surface area contributed by atoms with Gasteiger partial charge in [0.25, 0.3) is 0 Å². The Bertz CT molecular complexity index is 458. The maximum Gasteiger partial charge on any atom is 0.315 e. The molecule has 5 heteroatoms. The molecule has 1 aromatic rings. The van der Waals surface area contributed by atoms with Gasteiger partial charge in [-0.2, -0.15) is 0 Å². The van der Waals surface area contributed by atoms with Crippen molar-refractivity contribution >= 4 is 11.9 Å². The van der Waals surface area contributed by atoms with E-state index in [4.69, 9.17) is 4.74 Å². The van der Waals surface area contributed by atoms with Crippen LogP contribution < -0.4 is 5.32 Å². The highest BCUT2D eigenvalue weighted by Gasteiger charge is 2.35. The van der Waals surface area contributed by atoms with E-state index in [9.17, 15) is 14.7 Å². The van der Waals surface area contributed by atoms with Gasteiger partial charge >= 0.3 is 5.97 Å². The molecule has 0 aliphatic heterocycles. The third-order valence-corrected chi connectivity index (χ3v) is 3.07. The van der Waals surface area contributed by atoms with Crippen LogP contribution in [0.4, 0.5) is 0 Å². The fraction of sp³-hybridized carbons (Fsp3) is 0.467. The van der Waals surface area contributed by atoms with E-state index in [0.29, 0.717) is 5.56 Å². The minimum absolute atomic E-state index is 0.0205. The molecule has 0 bridgehead atoms. The molecule has 110 valence electrons. The van der Waals surface area contributed by atoms with E-state index in [1.54, 1.807) is 31.2 Å². The van der Waals surface area contributed by atoms with E-state index in [1.807, 2.05) is 19.9 Å². The SMILES string of the molecule is CC(C)OCC(=O)NCC(C)(C(=O)O)c1ccccc1. The van der Waals surface area contributed by atoms with E-state index in [-0.39, 0.29) is 25.2 Å². The number of carboxylic acid groups (broad SMARTS) is 1. The second-order valence-corrected chi connectivity index (χ2v) is 5.14. The second-order valence-electron chi connectivity index (χ2n) is 5.14. The number of nitrogens with one attached hydrogen (secondary N) is 1. The molecule has 2 N–H and O–H groups in total. The number of hydrogen-bond acceptors (Lipinski definition) is 3. The number of ether oxygens (including phenoxy) is 1. The van der Waals surface area contributed by atoms with Crippen LogP contribution in [0.25, 0.3) is 0 Å². The molecule has 1 unspecified atom stereocenters. The smallest absolute Gasteiger partial charge is 0.315 e. The molecule has 0 fully saturated rings. The van der Waals surface area contributed by atoms with Crippen LogP contribution in [0.1, 0.15) is 26.3 Å². The summed E-state index contributed by atoms with van der Waals surface area (Å²) in [7, 11) is 0. The lowest BCUT2D eigenvalue weighted by Crippen LogP contribution is -2.45. The van der Waals surface area contributed by atoms with Gasteiger partial charge in [-0.15, -0.1) is 0 Å². The minimum atomic E-state index is -1.16. The Labute approximate surface area is 118 Å². The van der Waals surface area contributed by atoms with Crippen LogP contribution in [0.3, 0.4) is 0 Å². The number of benzene rings is 1. The van der Waals surface area contributed by atoms with E-state index in [2.05, 4.69) is 5.32 Å². The molecule has 20 heavy (non-hydrogen) atoms. The van der Waals surface area contributed by atoms with Crippen LogP contribution in [0, 0.1) is 0 Å². The highest BCUT2D eigenvalue weighted by Crippen LogP contribution is 2.23. The van der Waals surface area contributed by atoms with Gasteiger partial charge in [-0.05, 0) is 26.3 Å². The molecule has 0 saturated carbocycles. The first-order chi connectivity index (χ1) is 9.36. The molecule has 5 nitrogen and oxygen atoms in total. The standard InChI is InChI=1S/C15H21NO4/c1-11(2)20-9-13(17)16-10-15(3,14(18)19)12-7-5-4-6-8-12/h4-8,11H,9-10H2,1-3H3,(H,16,17)(H,18,19). The van der Waals surface area contributed by atoms with Crippen molar-refractivity contribution in [3.8, 4) is 0 Å². The summed E-state index contributed by atoms with van der Waals surface area (Å²) < 4.78 is 5.18. The van der Waals surface area contributed by atoms with Crippen molar-refractivity contribution in [1.29, 1.82) is 0 Å². The molecule has 1 aromatic carbocycles. The number of rotatable bonds is 7. The summed E-state index contributed by atoms with van der Waals surface area (Å²) in [6, 6.07) is 8.86. The normalized spacial score (nSPS) is 13.8. The van der Waals surface area contributed by atoms with Gasteiger partial charge in [-0.25, -0.2) is 0 Å². The average Bonchev–Trinajstić information content (AvgIpc) is 2.43. The fourth-order valence-electron chi connectivity index (χ4n) is 1.68. The van der Waals surface area contributed by atoms with Gasteiger partial charge in [0.1, 0.15) is 12.0 Å². The van der Waals surface area contributed by atoms with Gasteiger partial charge in [0, 0.05) is 6.54 Å². The Balaban J connectivity index is 2.69. The number of amides is 1. The topological polar surface area (TPSA) is 75.6 Å². The molecule has 0 radical (unpaired) electrons. The molecular formula is C15H21NO4. The van der Waals surface area contributed by atoms with E-state index in [1.165, 1.54) is 0 Å². The molecule has 1 rings (SSSR count). The average molecular weight is 279 g/mol. The Morgan fingerprint density at radius 1 is 1.30 bits per heavy atom. The Morgan fingerprint density at radius 3 is 2.40 bits per heavy atom. The molecule has 0 aliphatic carbocycles. The van der Waals surface area contributed by atoms with Crippen molar-refractivity contribution in [2.24, 2.45) is 0 Å².